The summed E-state index contributed by atoms with van der Waals surface area (Å²) in [4.78, 5) is 24.6. The molecule has 0 aliphatic carbocycles. The smallest absolute Gasteiger partial charge is 0.338 e. The van der Waals surface area contributed by atoms with Gasteiger partial charge in [-0.25, -0.2) is 4.79 Å². The van der Waals surface area contributed by atoms with E-state index in [9.17, 15) is 14.9 Å². The van der Waals surface area contributed by atoms with Crippen LogP contribution in [0.2, 0.25) is 0 Å². The predicted octanol–water partition coefficient (Wildman–Crippen LogP) is 2.66. The fraction of sp³-hybridized carbons (Fsp3) is 0.333. The quantitative estimate of drug-likeness (QED) is 0.306. The molecule has 0 unspecified atom stereocenters. The fourth-order valence-corrected chi connectivity index (χ4v) is 3.11. The third-order valence-electron chi connectivity index (χ3n) is 4.79. The minimum Gasteiger partial charge on any atom is -0.496 e. The first-order valence-electron chi connectivity index (χ1n) is 9.44. The number of nitrogens with one attached hydrogen (secondary N) is 1. The van der Waals surface area contributed by atoms with Crippen molar-refractivity contribution in [2.45, 2.75) is 6.54 Å². The van der Waals surface area contributed by atoms with Crippen molar-refractivity contribution in [3.8, 4) is 5.75 Å². The highest BCUT2D eigenvalue weighted by Gasteiger charge is 2.16. The van der Waals surface area contributed by atoms with E-state index in [1.165, 1.54) is 24.3 Å². The molecule has 1 aliphatic rings. The molecule has 1 saturated heterocycles. The topological polar surface area (TPSA) is 115 Å². The molecule has 9 nitrogen and oxygen atoms in total. The Bertz CT molecular complexity index is 923. The molecule has 1 aliphatic heterocycles. The number of nitrogens with zero attached hydrogens (tertiary/aromatic N) is 2. The summed E-state index contributed by atoms with van der Waals surface area (Å²) in [5.74, 6) is 0.0950. The van der Waals surface area contributed by atoms with Gasteiger partial charge in [-0.15, -0.1) is 0 Å². The molecular formula is C21H23N3O6. The van der Waals surface area contributed by atoms with Crippen molar-refractivity contribution in [1.82, 2.24) is 4.90 Å². The number of carbonyl (C=O) groups is 1. The third kappa shape index (κ3) is 5.40. The van der Waals surface area contributed by atoms with Gasteiger partial charge in [0.05, 0.1) is 36.5 Å². The van der Waals surface area contributed by atoms with E-state index in [-0.39, 0.29) is 23.6 Å². The Morgan fingerprint density at radius 1 is 1.17 bits per heavy atom. The van der Waals surface area contributed by atoms with Gasteiger partial charge in [0.25, 0.3) is 5.69 Å². The summed E-state index contributed by atoms with van der Waals surface area (Å²) in [6, 6.07) is 10.6. The zero-order valence-electron chi connectivity index (χ0n) is 16.6. The molecule has 30 heavy (non-hydrogen) atoms. The minimum absolute atomic E-state index is 0.106. The Balaban J connectivity index is 1.63. The van der Waals surface area contributed by atoms with Crippen LogP contribution in [-0.4, -0.2) is 61.5 Å². The van der Waals surface area contributed by atoms with E-state index < -0.39 is 10.9 Å². The van der Waals surface area contributed by atoms with Crippen LogP contribution in [0.3, 0.4) is 0 Å². The molecule has 1 N–H and O–H groups in total. The van der Waals surface area contributed by atoms with Gasteiger partial charge in [0.15, 0.2) is 0 Å². The molecule has 2 aromatic rings. The van der Waals surface area contributed by atoms with Gasteiger partial charge in [-0.1, -0.05) is 0 Å². The molecule has 0 spiro atoms. The highest BCUT2D eigenvalue weighted by atomic mass is 16.6. The van der Waals surface area contributed by atoms with Crippen molar-refractivity contribution < 1.29 is 23.9 Å². The Hall–Kier alpha value is -3.30. The molecule has 158 valence electrons. The molecule has 0 aromatic heterocycles. The molecule has 9 heteroatoms. The lowest BCUT2D eigenvalue weighted by Gasteiger charge is -2.27. The highest BCUT2D eigenvalue weighted by Crippen LogP contribution is 2.22. The number of nitro groups is 1. The second kappa shape index (κ2) is 9.95. The second-order valence-corrected chi connectivity index (χ2v) is 6.77. The van der Waals surface area contributed by atoms with Gasteiger partial charge in [0.1, 0.15) is 12.4 Å². The SMILES string of the molecule is COc1ccc(C(=N)COC(=O)c2ccc([N+](=O)[O-])cc2)cc1CN1CCOCC1. The maximum atomic E-state index is 12.2. The number of carbonyl (C=O) groups excluding carboxylic acids is 1. The lowest BCUT2D eigenvalue weighted by atomic mass is 10.1. The summed E-state index contributed by atoms with van der Waals surface area (Å²) in [5.41, 5.74) is 1.82. The van der Waals surface area contributed by atoms with Crippen LogP contribution >= 0.6 is 0 Å². The van der Waals surface area contributed by atoms with E-state index in [1.54, 1.807) is 19.2 Å². The van der Waals surface area contributed by atoms with Crippen molar-refractivity contribution in [2.24, 2.45) is 0 Å². The normalized spacial score (nSPS) is 14.2. The van der Waals surface area contributed by atoms with Crippen molar-refractivity contribution in [1.29, 1.82) is 5.41 Å². The fourth-order valence-electron chi connectivity index (χ4n) is 3.11. The first-order valence-corrected chi connectivity index (χ1v) is 9.44. The number of ether oxygens (including phenoxy) is 3. The largest absolute Gasteiger partial charge is 0.496 e. The van der Waals surface area contributed by atoms with Gasteiger partial charge in [0.2, 0.25) is 0 Å². The maximum Gasteiger partial charge on any atom is 0.338 e. The van der Waals surface area contributed by atoms with E-state index in [0.29, 0.717) is 25.3 Å². The first kappa shape index (κ1) is 21.4. The molecule has 0 atom stereocenters. The van der Waals surface area contributed by atoms with E-state index in [0.717, 1.165) is 24.4 Å². The van der Waals surface area contributed by atoms with Crippen LogP contribution in [0.4, 0.5) is 5.69 Å². The van der Waals surface area contributed by atoms with Crippen LogP contribution in [0.1, 0.15) is 21.5 Å². The standard InChI is InChI=1S/C21H23N3O6/c1-28-20-7-4-16(12-17(20)13-23-8-10-29-11-9-23)19(22)14-30-21(25)15-2-5-18(6-3-15)24(26)27/h2-7,12,22H,8-11,13-14H2,1H3. The first-order chi connectivity index (χ1) is 14.5. The lowest BCUT2D eigenvalue weighted by Crippen LogP contribution is -2.35. The van der Waals surface area contributed by atoms with Crippen LogP contribution in [0.25, 0.3) is 0 Å². The van der Waals surface area contributed by atoms with E-state index in [2.05, 4.69) is 4.90 Å². The summed E-state index contributed by atoms with van der Waals surface area (Å²) in [7, 11) is 1.61. The molecule has 1 fully saturated rings. The monoisotopic (exact) mass is 413 g/mol. The van der Waals surface area contributed by atoms with Crippen LogP contribution in [0, 0.1) is 15.5 Å². The summed E-state index contributed by atoms with van der Waals surface area (Å²) in [5, 5.41) is 19.0. The zero-order valence-corrected chi connectivity index (χ0v) is 16.6. The average Bonchev–Trinajstić information content (AvgIpc) is 2.78. The summed E-state index contributed by atoms with van der Waals surface area (Å²) in [6.45, 7) is 3.51. The van der Waals surface area contributed by atoms with E-state index in [1.807, 2.05) is 6.07 Å². The number of nitro benzene ring substituents is 1. The number of hydrogen-bond acceptors (Lipinski definition) is 8. The molecule has 1 heterocycles. The zero-order chi connectivity index (χ0) is 21.5. The van der Waals surface area contributed by atoms with Crippen molar-refractivity contribution >= 4 is 17.4 Å². The Morgan fingerprint density at radius 3 is 2.47 bits per heavy atom. The van der Waals surface area contributed by atoms with Crippen molar-refractivity contribution in [3.63, 3.8) is 0 Å². The van der Waals surface area contributed by atoms with Crippen molar-refractivity contribution in [2.75, 3.05) is 40.0 Å². The molecule has 0 saturated carbocycles. The number of rotatable bonds is 8. The molecule has 2 aromatic carbocycles. The average molecular weight is 413 g/mol. The Labute approximate surface area is 173 Å². The third-order valence-corrected chi connectivity index (χ3v) is 4.79. The lowest BCUT2D eigenvalue weighted by molar-refractivity contribution is -0.384. The Morgan fingerprint density at radius 2 is 1.83 bits per heavy atom. The van der Waals surface area contributed by atoms with Crippen LogP contribution < -0.4 is 4.74 Å². The highest BCUT2D eigenvalue weighted by molar-refractivity contribution is 6.01. The Kier molecular flexibility index (Phi) is 7.10. The molecular weight excluding hydrogens is 390 g/mol. The number of hydrogen-bond donors (Lipinski definition) is 1. The number of benzene rings is 2. The summed E-state index contributed by atoms with van der Waals surface area (Å²) < 4.78 is 16.0. The molecule has 0 amide bonds. The van der Waals surface area contributed by atoms with Gasteiger partial charge >= 0.3 is 5.97 Å². The molecule has 0 bridgehead atoms. The van der Waals surface area contributed by atoms with Crippen LogP contribution in [0.15, 0.2) is 42.5 Å². The van der Waals surface area contributed by atoms with Gasteiger partial charge in [-0.2, -0.15) is 0 Å². The van der Waals surface area contributed by atoms with Gasteiger partial charge in [-0.3, -0.25) is 15.0 Å². The van der Waals surface area contributed by atoms with Gasteiger partial charge in [0, 0.05) is 37.3 Å². The van der Waals surface area contributed by atoms with E-state index in [4.69, 9.17) is 19.6 Å². The maximum absolute atomic E-state index is 12.2. The number of non-ortho nitro benzene ring substituents is 1. The van der Waals surface area contributed by atoms with Crippen LogP contribution in [-0.2, 0) is 16.0 Å². The summed E-state index contributed by atoms with van der Waals surface area (Å²) in [6.07, 6.45) is 0. The number of methoxy groups -OCH3 is 1. The number of morpholine rings is 1. The van der Waals surface area contributed by atoms with Crippen molar-refractivity contribution in [3.05, 3.63) is 69.3 Å². The predicted molar refractivity (Wildman–Crippen MR) is 109 cm³/mol. The van der Waals surface area contributed by atoms with Gasteiger partial charge in [-0.05, 0) is 35.9 Å². The second-order valence-electron chi connectivity index (χ2n) is 6.77. The molecule has 3 rings (SSSR count). The minimum atomic E-state index is -0.642. The van der Waals surface area contributed by atoms with Gasteiger partial charge < -0.3 is 19.6 Å². The van der Waals surface area contributed by atoms with E-state index >= 15 is 0 Å². The molecule has 0 radical (unpaired) electrons. The summed E-state index contributed by atoms with van der Waals surface area (Å²) >= 11 is 0. The van der Waals surface area contributed by atoms with Crippen LogP contribution in [0.5, 0.6) is 5.75 Å². The number of esters is 1.